The van der Waals surface area contributed by atoms with E-state index in [1.807, 2.05) is 30.3 Å². The summed E-state index contributed by atoms with van der Waals surface area (Å²) in [5.41, 5.74) is 5.75. The highest BCUT2D eigenvalue weighted by Crippen LogP contribution is 2.37. The lowest BCUT2D eigenvalue weighted by atomic mass is 10.1. The molecule has 0 saturated heterocycles. The lowest BCUT2D eigenvalue weighted by Crippen LogP contribution is -2.33. The summed E-state index contributed by atoms with van der Waals surface area (Å²) in [4.78, 5) is 25.2. The van der Waals surface area contributed by atoms with E-state index in [0.717, 1.165) is 6.42 Å². The van der Waals surface area contributed by atoms with Crippen molar-refractivity contribution >= 4 is 11.6 Å². The highest BCUT2D eigenvalue weighted by atomic mass is 16.3. The van der Waals surface area contributed by atoms with Crippen molar-refractivity contribution in [3.05, 3.63) is 94.5 Å². The topological polar surface area (TPSA) is 77.1 Å². The van der Waals surface area contributed by atoms with E-state index >= 15 is 0 Å². The molecule has 0 fully saturated rings. The van der Waals surface area contributed by atoms with E-state index in [-0.39, 0.29) is 11.5 Å². The SMILES string of the molecule is CC(C(=O)Nc1ccc2c(c1)Cc1ccccc1-2)n1nc(-c2ccco2)ccc1=O. The van der Waals surface area contributed by atoms with Gasteiger partial charge in [0.25, 0.3) is 5.56 Å². The first-order valence-electron chi connectivity index (χ1n) is 9.76. The van der Waals surface area contributed by atoms with Crippen LogP contribution in [0.15, 0.2) is 82.2 Å². The Morgan fingerprint density at radius 3 is 2.70 bits per heavy atom. The van der Waals surface area contributed by atoms with Crippen molar-refractivity contribution in [2.45, 2.75) is 19.4 Å². The Balaban J connectivity index is 1.38. The van der Waals surface area contributed by atoms with Crippen LogP contribution in [0.4, 0.5) is 5.69 Å². The Hall–Kier alpha value is -3.93. The maximum absolute atomic E-state index is 12.8. The fourth-order valence-corrected chi connectivity index (χ4v) is 3.84. The molecule has 4 aromatic rings. The number of hydrogen-bond donors (Lipinski definition) is 1. The van der Waals surface area contributed by atoms with E-state index < -0.39 is 6.04 Å². The average Bonchev–Trinajstić information content (AvgIpc) is 3.41. The third-order valence-corrected chi connectivity index (χ3v) is 5.41. The summed E-state index contributed by atoms with van der Waals surface area (Å²) in [7, 11) is 0. The average molecular weight is 397 g/mol. The first-order chi connectivity index (χ1) is 14.6. The zero-order chi connectivity index (χ0) is 20.7. The number of aromatic nitrogens is 2. The van der Waals surface area contributed by atoms with Crippen molar-refractivity contribution in [3.8, 4) is 22.6 Å². The molecule has 1 aliphatic rings. The van der Waals surface area contributed by atoms with Gasteiger partial charge in [0.15, 0.2) is 5.76 Å². The van der Waals surface area contributed by atoms with Crippen LogP contribution in [0.2, 0.25) is 0 Å². The van der Waals surface area contributed by atoms with Crippen molar-refractivity contribution < 1.29 is 9.21 Å². The monoisotopic (exact) mass is 397 g/mol. The summed E-state index contributed by atoms with van der Waals surface area (Å²) in [5, 5.41) is 7.23. The molecule has 148 valence electrons. The molecule has 6 heteroatoms. The fourth-order valence-electron chi connectivity index (χ4n) is 3.84. The van der Waals surface area contributed by atoms with E-state index in [1.165, 1.54) is 39.3 Å². The summed E-state index contributed by atoms with van der Waals surface area (Å²) >= 11 is 0. The van der Waals surface area contributed by atoms with Gasteiger partial charge in [-0.2, -0.15) is 5.10 Å². The Labute approximate surface area is 172 Å². The van der Waals surface area contributed by atoms with Gasteiger partial charge in [0.2, 0.25) is 5.91 Å². The van der Waals surface area contributed by atoms with Crippen LogP contribution in [0.5, 0.6) is 0 Å². The Kier molecular flexibility index (Phi) is 4.32. The lowest BCUT2D eigenvalue weighted by molar-refractivity contribution is -0.119. The third kappa shape index (κ3) is 3.12. The molecule has 5 rings (SSSR count). The predicted octanol–water partition coefficient (Wildman–Crippen LogP) is 4.27. The second kappa shape index (κ2) is 7.15. The first kappa shape index (κ1) is 18.1. The van der Waals surface area contributed by atoms with Gasteiger partial charge in [-0.15, -0.1) is 0 Å². The molecule has 30 heavy (non-hydrogen) atoms. The second-order valence-electron chi connectivity index (χ2n) is 7.35. The summed E-state index contributed by atoms with van der Waals surface area (Å²) in [6.45, 7) is 1.65. The van der Waals surface area contributed by atoms with E-state index in [1.54, 1.807) is 25.1 Å². The van der Waals surface area contributed by atoms with Crippen molar-refractivity contribution in [1.29, 1.82) is 0 Å². The summed E-state index contributed by atoms with van der Waals surface area (Å²) in [6.07, 6.45) is 2.38. The van der Waals surface area contributed by atoms with Gasteiger partial charge >= 0.3 is 0 Å². The van der Waals surface area contributed by atoms with E-state index in [2.05, 4.69) is 22.5 Å². The molecule has 1 unspecified atom stereocenters. The molecule has 0 saturated carbocycles. The number of amides is 1. The minimum atomic E-state index is -0.780. The summed E-state index contributed by atoms with van der Waals surface area (Å²) < 4.78 is 6.52. The number of nitrogens with zero attached hydrogens (tertiary/aromatic N) is 2. The molecule has 0 bridgehead atoms. The Morgan fingerprint density at radius 1 is 1.03 bits per heavy atom. The van der Waals surface area contributed by atoms with Crippen molar-refractivity contribution in [1.82, 2.24) is 9.78 Å². The van der Waals surface area contributed by atoms with Gasteiger partial charge in [-0.3, -0.25) is 9.59 Å². The predicted molar refractivity (Wildman–Crippen MR) is 114 cm³/mol. The fraction of sp³-hybridized carbons (Fsp3) is 0.125. The number of carbonyl (C=O) groups excluding carboxylic acids is 1. The number of carbonyl (C=O) groups is 1. The van der Waals surface area contributed by atoms with Gasteiger partial charge in [0, 0.05) is 11.8 Å². The van der Waals surface area contributed by atoms with Crippen LogP contribution in [0.25, 0.3) is 22.6 Å². The molecule has 1 atom stereocenters. The maximum atomic E-state index is 12.8. The molecule has 0 spiro atoms. The van der Waals surface area contributed by atoms with Crippen molar-refractivity contribution in [3.63, 3.8) is 0 Å². The highest BCUT2D eigenvalue weighted by molar-refractivity contribution is 5.94. The van der Waals surface area contributed by atoms with Crippen LogP contribution in [0.3, 0.4) is 0 Å². The van der Waals surface area contributed by atoms with Crippen molar-refractivity contribution in [2.24, 2.45) is 0 Å². The molecular formula is C24H19N3O3. The van der Waals surface area contributed by atoms with E-state index in [0.29, 0.717) is 17.1 Å². The molecule has 0 radical (unpaired) electrons. The van der Waals surface area contributed by atoms with Gasteiger partial charge in [0.1, 0.15) is 11.7 Å². The molecule has 1 N–H and O–H groups in total. The lowest BCUT2D eigenvalue weighted by Gasteiger charge is -2.15. The second-order valence-corrected chi connectivity index (χ2v) is 7.35. The standard InChI is InChI=1S/C24H19N3O3/c1-15(27-23(28)11-10-21(26-27)22-7-4-12-30-22)24(29)25-18-8-9-20-17(14-18)13-16-5-2-3-6-19(16)20/h2-12,14-15H,13H2,1H3,(H,25,29). The van der Waals surface area contributed by atoms with Gasteiger partial charge < -0.3 is 9.73 Å². The number of benzene rings is 2. The molecule has 0 aliphatic heterocycles. The number of anilines is 1. The maximum Gasteiger partial charge on any atom is 0.267 e. The van der Waals surface area contributed by atoms with Gasteiger partial charge in [0.05, 0.1) is 6.26 Å². The summed E-state index contributed by atoms with van der Waals surface area (Å²) in [5.74, 6) is 0.228. The number of hydrogen-bond acceptors (Lipinski definition) is 4. The molecule has 2 aromatic carbocycles. The highest BCUT2D eigenvalue weighted by Gasteiger charge is 2.21. The van der Waals surface area contributed by atoms with Gasteiger partial charge in [-0.25, -0.2) is 4.68 Å². The van der Waals surface area contributed by atoms with Crippen LogP contribution >= 0.6 is 0 Å². The van der Waals surface area contributed by atoms with Crippen LogP contribution < -0.4 is 10.9 Å². The first-order valence-corrected chi connectivity index (χ1v) is 9.76. The number of nitrogens with one attached hydrogen (secondary N) is 1. The smallest absolute Gasteiger partial charge is 0.267 e. The van der Waals surface area contributed by atoms with E-state index in [4.69, 9.17) is 4.42 Å². The Bertz CT molecular complexity index is 1310. The summed E-state index contributed by atoms with van der Waals surface area (Å²) in [6, 6.07) is 19.9. The zero-order valence-electron chi connectivity index (χ0n) is 16.3. The van der Waals surface area contributed by atoms with Crippen LogP contribution in [-0.4, -0.2) is 15.7 Å². The van der Waals surface area contributed by atoms with Gasteiger partial charge in [-0.05, 0) is 65.9 Å². The quantitative estimate of drug-likeness (QED) is 0.491. The number of furan rings is 1. The minimum Gasteiger partial charge on any atom is -0.463 e. The third-order valence-electron chi connectivity index (χ3n) is 5.41. The molecular weight excluding hydrogens is 378 g/mol. The van der Waals surface area contributed by atoms with E-state index in [9.17, 15) is 9.59 Å². The largest absolute Gasteiger partial charge is 0.463 e. The minimum absolute atomic E-state index is 0.309. The number of rotatable bonds is 4. The normalized spacial score (nSPS) is 12.8. The van der Waals surface area contributed by atoms with Crippen LogP contribution in [0, 0.1) is 0 Å². The van der Waals surface area contributed by atoms with Gasteiger partial charge in [-0.1, -0.05) is 30.3 Å². The number of fused-ring (bicyclic) bond motifs is 3. The van der Waals surface area contributed by atoms with Crippen LogP contribution in [0.1, 0.15) is 24.1 Å². The van der Waals surface area contributed by atoms with Crippen molar-refractivity contribution in [2.75, 3.05) is 5.32 Å². The molecule has 6 nitrogen and oxygen atoms in total. The van der Waals surface area contributed by atoms with Crippen LogP contribution in [-0.2, 0) is 11.2 Å². The Morgan fingerprint density at radius 2 is 1.87 bits per heavy atom. The molecule has 1 aliphatic carbocycles. The zero-order valence-corrected chi connectivity index (χ0v) is 16.3. The molecule has 1 amide bonds. The molecule has 2 heterocycles. The molecule has 2 aromatic heterocycles.